The molecule has 0 atom stereocenters. The highest BCUT2D eigenvalue weighted by atomic mass is 15.3. The third-order valence-corrected chi connectivity index (χ3v) is 2.76. The molecule has 68 valence electrons. The molecule has 0 aromatic carbocycles. The molecule has 0 aliphatic heterocycles. The van der Waals surface area contributed by atoms with Crippen molar-refractivity contribution in [3.05, 3.63) is 0 Å². The number of nitrogens with two attached hydrogens (primary N) is 1. The standard InChI is InChI=1S/C9H17N3/c10-12-9(7-5-6-7)11-8-3-1-2-4-8/h7-8H,1-6,10H2,(H,11,12). The van der Waals surface area contributed by atoms with Gasteiger partial charge in [0, 0.05) is 5.92 Å². The second kappa shape index (κ2) is 3.44. The molecule has 0 aromatic rings. The number of amidine groups is 1. The quantitative estimate of drug-likeness (QED) is 0.281. The van der Waals surface area contributed by atoms with Gasteiger partial charge in [-0.3, -0.25) is 4.99 Å². The first-order chi connectivity index (χ1) is 5.90. The van der Waals surface area contributed by atoms with Crippen LogP contribution in [0.5, 0.6) is 0 Å². The fourth-order valence-corrected chi connectivity index (χ4v) is 1.85. The van der Waals surface area contributed by atoms with Crippen LogP contribution in [-0.2, 0) is 0 Å². The van der Waals surface area contributed by atoms with Crippen molar-refractivity contribution >= 4 is 5.84 Å². The van der Waals surface area contributed by atoms with E-state index in [1.807, 2.05) is 0 Å². The number of nitrogens with one attached hydrogen (secondary N) is 1. The summed E-state index contributed by atoms with van der Waals surface area (Å²) in [4.78, 5) is 4.64. The van der Waals surface area contributed by atoms with Gasteiger partial charge in [-0.05, 0) is 25.7 Å². The van der Waals surface area contributed by atoms with E-state index in [1.165, 1.54) is 38.5 Å². The van der Waals surface area contributed by atoms with E-state index in [2.05, 4.69) is 10.4 Å². The van der Waals surface area contributed by atoms with Gasteiger partial charge in [0.15, 0.2) is 0 Å². The third kappa shape index (κ3) is 1.78. The number of hydrazine groups is 1. The average molecular weight is 167 g/mol. The smallest absolute Gasteiger partial charge is 0.114 e. The van der Waals surface area contributed by atoms with Gasteiger partial charge in [-0.2, -0.15) is 0 Å². The number of hydrogen-bond acceptors (Lipinski definition) is 2. The lowest BCUT2D eigenvalue weighted by atomic mass is 10.2. The summed E-state index contributed by atoms with van der Waals surface area (Å²) in [6.45, 7) is 0. The van der Waals surface area contributed by atoms with E-state index in [1.54, 1.807) is 0 Å². The summed E-state index contributed by atoms with van der Waals surface area (Å²) in [6.07, 6.45) is 7.76. The van der Waals surface area contributed by atoms with Crippen LogP contribution in [0.4, 0.5) is 0 Å². The average Bonchev–Trinajstić information content (AvgIpc) is 2.80. The van der Waals surface area contributed by atoms with E-state index in [0.29, 0.717) is 12.0 Å². The lowest BCUT2D eigenvalue weighted by Crippen LogP contribution is -2.32. The van der Waals surface area contributed by atoms with E-state index in [-0.39, 0.29) is 0 Å². The minimum absolute atomic E-state index is 0.566. The predicted molar refractivity (Wildman–Crippen MR) is 49.7 cm³/mol. The van der Waals surface area contributed by atoms with Crippen molar-refractivity contribution in [1.82, 2.24) is 5.43 Å². The molecule has 2 rings (SSSR count). The van der Waals surface area contributed by atoms with Gasteiger partial charge in [-0.1, -0.05) is 12.8 Å². The van der Waals surface area contributed by atoms with Crippen molar-refractivity contribution in [2.75, 3.05) is 0 Å². The first-order valence-corrected chi connectivity index (χ1v) is 4.94. The summed E-state index contributed by atoms with van der Waals surface area (Å²) in [6, 6.07) is 0.566. The van der Waals surface area contributed by atoms with Crippen LogP contribution in [0.3, 0.4) is 0 Å². The van der Waals surface area contributed by atoms with Crippen LogP contribution >= 0.6 is 0 Å². The molecule has 0 amide bonds. The van der Waals surface area contributed by atoms with E-state index in [4.69, 9.17) is 5.84 Å². The highest BCUT2D eigenvalue weighted by Gasteiger charge is 2.28. The van der Waals surface area contributed by atoms with E-state index >= 15 is 0 Å². The Morgan fingerprint density at radius 1 is 1.17 bits per heavy atom. The first kappa shape index (κ1) is 8.05. The maximum Gasteiger partial charge on any atom is 0.114 e. The molecule has 2 aliphatic rings. The van der Waals surface area contributed by atoms with Gasteiger partial charge in [-0.25, -0.2) is 5.84 Å². The Labute approximate surface area is 73.4 Å². The first-order valence-electron chi connectivity index (χ1n) is 4.94. The van der Waals surface area contributed by atoms with E-state index in [0.717, 1.165) is 5.84 Å². The van der Waals surface area contributed by atoms with Crippen molar-refractivity contribution in [1.29, 1.82) is 0 Å². The van der Waals surface area contributed by atoms with Gasteiger partial charge >= 0.3 is 0 Å². The molecule has 0 aromatic heterocycles. The fraction of sp³-hybridized carbons (Fsp3) is 0.889. The minimum Gasteiger partial charge on any atom is -0.312 e. The van der Waals surface area contributed by atoms with Crippen LogP contribution in [-0.4, -0.2) is 11.9 Å². The number of nitrogens with zero attached hydrogens (tertiary/aromatic N) is 1. The molecule has 2 fully saturated rings. The number of rotatable bonds is 2. The van der Waals surface area contributed by atoms with Crippen LogP contribution in [0.2, 0.25) is 0 Å². The minimum atomic E-state index is 0.566. The molecule has 2 aliphatic carbocycles. The van der Waals surface area contributed by atoms with Gasteiger partial charge in [0.1, 0.15) is 5.84 Å². The maximum atomic E-state index is 5.41. The van der Waals surface area contributed by atoms with Crippen LogP contribution in [0, 0.1) is 5.92 Å². The molecule has 0 heterocycles. The fourth-order valence-electron chi connectivity index (χ4n) is 1.85. The summed E-state index contributed by atoms with van der Waals surface area (Å²) in [5, 5.41) is 0. The van der Waals surface area contributed by atoms with E-state index < -0.39 is 0 Å². The summed E-state index contributed by atoms with van der Waals surface area (Å²) in [7, 11) is 0. The van der Waals surface area contributed by atoms with Crippen LogP contribution in [0.15, 0.2) is 4.99 Å². The van der Waals surface area contributed by atoms with Crippen molar-refractivity contribution < 1.29 is 0 Å². The van der Waals surface area contributed by atoms with E-state index in [9.17, 15) is 0 Å². The molecule has 0 radical (unpaired) electrons. The molecular weight excluding hydrogens is 150 g/mol. The zero-order valence-electron chi connectivity index (χ0n) is 7.42. The summed E-state index contributed by atoms with van der Waals surface area (Å²) in [5.41, 5.74) is 2.74. The molecule has 3 heteroatoms. The Kier molecular flexibility index (Phi) is 2.30. The van der Waals surface area contributed by atoms with Crippen molar-refractivity contribution in [2.45, 2.75) is 44.6 Å². The highest BCUT2D eigenvalue weighted by molar-refractivity contribution is 5.86. The van der Waals surface area contributed by atoms with Crippen molar-refractivity contribution in [2.24, 2.45) is 16.8 Å². The lowest BCUT2D eigenvalue weighted by molar-refractivity contribution is 0.693. The molecule has 3 N–H and O–H groups in total. The second-order valence-electron chi connectivity index (χ2n) is 3.87. The zero-order chi connectivity index (χ0) is 8.39. The number of hydrogen-bond donors (Lipinski definition) is 2. The monoisotopic (exact) mass is 167 g/mol. The Morgan fingerprint density at radius 2 is 1.83 bits per heavy atom. The van der Waals surface area contributed by atoms with Crippen LogP contribution in [0.25, 0.3) is 0 Å². The van der Waals surface area contributed by atoms with Gasteiger partial charge in [0.25, 0.3) is 0 Å². The van der Waals surface area contributed by atoms with Gasteiger partial charge in [-0.15, -0.1) is 0 Å². The van der Waals surface area contributed by atoms with Crippen molar-refractivity contribution in [3.8, 4) is 0 Å². The molecular formula is C9H17N3. The van der Waals surface area contributed by atoms with Crippen LogP contribution < -0.4 is 11.3 Å². The number of aliphatic imine (C=N–C) groups is 1. The molecule has 0 unspecified atom stereocenters. The summed E-state index contributed by atoms with van der Waals surface area (Å²) >= 11 is 0. The Hall–Kier alpha value is -0.570. The predicted octanol–water partition coefficient (Wildman–Crippen LogP) is 1.20. The molecule has 0 saturated heterocycles. The normalized spacial score (nSPS) is 26.2. The summed E-state index contributed by atoms with van der Waals surface area (Å²) < 4.78 is 0. The second-order valence-corrected chi connectivity index (χ2v) is 3.87. The third-order valence-electron chi connectivity index (χ3n) is 2.76. The Morgan fingerprint density at radius 3 is 2.33 bits per heavy atom. The van der Waals surface area contributed by atoms with Gasteiger partial charge in [0.2, 0.25) is 0 Å². The topological polar surface area (TPSA) is 50.4 Å². The van der Waals surface area contributed by atoms with Crippen molar-refractivity contribution in [3.63, 3.8) is 0 Å². The SMILES string of the molecule is NNC(=NC1CCCC1)C1CC1. The molecule has 3 nitrogen and oxygen atoms in total. The molecule has 0 spiro atoms. The Bertz CT molecular complexity index is 178. The lowest BCUT2D eigenvalue weighted by Gasteiger charge is -2.07. The molecule has 2 saturated carbocycles. The van der Waals surface area contributed by atoms with Gasteiger partial charge < -0.3 is 5.43 Å². The zero-order valence-corrected chi connectivity index (χ0v) is 7.42. The Balaban J connectivity index is 1.92. The largest absolute Gasteiger partial charge is 0.312 e. The highest BCUT2D eigenvalue weighted by Crippen LogP contribution is 2.31. The maximum absolute atomic E-state index is 5.41. The molecule has 0 bridgehead atoms. The van der Waals surface area contributed by atoms with Crippen LogP contribution in [0.1, 0.15) is 38.5 Å². The molecule has 12 heavy (non-hydrogen) atoms. The van der Waals surface area contributed by atoms with Gasteiger partial charge in [0.05, 0.1) is 6.04 Å². The summed E-state index contributed by atoms with van der Waals surface area (Å²) in [5.74, 6) is 7.13.